The highest BCUT2D eigenvalue weighted by molar-refractivity contribution is 6.23. The summed E-state index contributed by atoms with van der Waals surface area (Å²) >= 11 is 0. The summed E-state index contributed by atoms with van der Waals surface area (Å²) in [5, 5.41) is 26.3. The van der Waals surface area contributed by atoms with E-state index in [9.17, 15) is 29.4 Å². The Morgan fingerprint density at radius 2 is 0.909 bits per heavy atom. The minimum atomic E-state index is -1.28. The number of hydrogen-bond acceptors (Lipinski definition) is 4. The van der Waals surface area contributed by atoms with E-state index in [0.717, 1.165) is 51.4 Å². The van der Waals surface area contributed by atoms with Crippen LogP contribution >= 0.6 is 0 Å². The van der Waals surface area contributed by atoms with Crippen molar-refractivity contribution >= 4 is 34.5 Å². The third kappa shape index (κ3) is 8.39. The molecule has 0 unspecified atom stereocenters. The average molecular weight is 607 g/mol. The van der Waals surface area contributed by atoms with Gasteiger partial charge < -0.3 is 20.8 Å². The summed E-state index contributed by atoms with van der Waals surface area (Å²) in [5.41, 5.74) is -0.238. The maximum Gasteiger partial charge on any atom is 0.336 e. The van der Waals surface area contributed by atoms with Crippen LogP contribution in [0.4, 0.5) is 0 Å². The molecule has 44 heavy (non-hydrogen) atoms. The van der Waals surface area contributed by atoms with E-state index in [1.54, 1.807) is 0 Å². The normalized spacial score (nSPS) is 22.0. The van der Waals surface area contributed by atoms with Gasteiger partial charge in [0.05, 0.1) is 11.1 Å². The number of carbonyl (C=O) groups is 4. The number of unbranched alkanes of at least 4 members (excludes halogenated alkanes) is 4. The number of fused-ring (bicyclic) bond motifs is 1. The molecule has 4 N–H and O–H groups in total. The van der Waals surface area contributed by atoms with E-state index in [2.05, 4.69) is 24.5 Å². The van der Waals surface area contributed by atoms with Crippen molar-refractivity contribution < 1.29 is 29.4 Å². The fraction of sp³-hybridized carbons (Fsp3) is 0.611. The Morgan fingerprint density at radius 1 is 0.568 bits per heavy atom. The van der Waals surface area contributed by atoms with Crippen LogP contribution in [0.25, 0.3) is 10.8 Å². The molecule has 0 radical (unpaired) electrons. The molecule has 2 fully saturated rings. The third-order valence-corrected chi connectivity index (χ3v) is 9.91. The van der Waals surface area contributed by atoms with Crippen LogP contribution in [0.5, 0.6) is 0 Å². The van der Waals surface area contributed by atoms with Gasteiger partial charge in [-0.3, -0.25) is 9.59 Å². The van der Waals surface area contributed by atoms with Gasteiger partial charge in [-0.1, -0.05) is 65.2 Å². The smallest absolute Gasteiger partial charge is 0.336 e. The molecule has 0 aromatic heterocycles. The predicted octanol–water partition coefficient (Wildman–Crippen LogP) is 7.97. The molecule has 0 spiro atoms. The van der Waals surface area contributed by atoms with Crippen LogP contribution in [0.2, 0.25) is 0 Å². The lowest BCUT2D eigenvalue weighted by Crippen LogP contribution is -2.38. The van der Waals surface area contributed by atoms with E-state index < -0.39 is 23.8 Å². The lowest BCUT2D eigenvalue weighted by Gasteiger charge is -2.30. The highest BCUT2D eigenvalue weighted by Gasteiger charge is 2.29. The van der Waals surface area contributed by atoms with Gasteiger partial charge in [0, 0.05) is 34.0 Å². The van der Waals surface area contributed by atoms with Crippen molar-refractivity contribution in [3.05, 3.63) is 46.5 Å². The first-order chi connectivity index (χ1) is 21.2. The Labute approximate surface area is 261 Å². The van der Waals surface area contributed by atoms with Gasteiger partial charge in [0.1, 0.15) is 0 Å². The summed E-state index contributed by atoms with van der Waals surface area (Å²) in [4.78, 5) is 52.0. The molecule has 8 nitrogen and oxygen atoms in total. The van der Waals surface area contributed by atoms with E-state index in [1.807, 2.05) is 0 Å². The van der Waals surface area contributed by atoms with Crippen molar-refractivity contribution in [2.24, 2.45) is 11.8 Å². The molecule has 4 rings (SSSR count). The Bertz CT molecular complexity index is 1220. The van der Waals surface area contributed by atoms with Crippen LogP contribution in [0.3, 0.4) is 0 Å². The van der Waals surface area contributed by atoms with Crippen LogP contribution in [0.15, 0.2) is 24.3 Å². The Hall–Kier alpha value is -3.42. The highest BCUT2D eigenvalue weighted by Crippen LogP contribution is 2.33. The highest BCUT2D eigenvalue weighted by atomic mass is 16.4. The lowest BCUT2D eigenvalue weighted by molar-refractivity contribution is 0.0684. The standard InChI is InChI=1S/C36H50N2O6/c1-3-5-7-9-23-11-15-25(16-12-23)37-33(39)27-19-20-28(32-30(36(43)44)22-21-29(31(27)32)35(41)42)34(40)38-26-17-13-24(14-18-26)10-8-6-4-2/h19-26H,3-18H2,1-2H3,(H,37,39)(H,38,40)(H,41,42)(H,43,44). The molecule has 2 aliphatic carbocycles. The molecular formula is C36H50N2O6. The number of aromatic carboxylic acids is 2. The number of carboxylic acid groups (broad SMARTS) is 2. The molecule has 8 heteroatoms. The number of amides is 2. The first kappa shape index (κ1) is 33.5. The molecule has 2 aromatic carbocycles. The van der Waals surface area contributed by atoms with Crippen molar-refractivity contribution in [2.45, 2.75) is 129 Å². The van der Waals surface area contributed by atoms with Gasteiger partial charge in [0.2, 0.25) is 0 Å². The Kier molecular flexibility index (Phi) is 12.2. The summed E-state index contributed by atoms with van der Waals surface area (Å²) in [7, 11) is 0. The number of nitrogens with one attached hydrogen (secondary N) is 2. The lowest BCUT2D eigenvalue weighted by atomic mass is 9.82. The van der Waals surface area contributed by atoms with Crippen molar-refractivity contribution in [3.8, 4) is 0 Å². The average Bonchev–Trinajstić information content (AvgIpc) is 3.01. The summed E-state index contributed by atoms with van der Waals surface area (Å²) in [6, 6.07) is 5.33. The predicted molar refractivity (Wildman–Crippen MR) is 173 cm³/mol. The first-order valence-corrected chi connectivity index (χ1v) is 16.9. The second kappa shape index (κ2) is 16.1. The van der Waals surface area contributed by atoms with Gasteiger partial charge in [0.25, 0.3) is 11.8 Å². The second-order valence-corrected chi connectivity index (χ2v) is 13.1. The molecule has 0 saturated heterocycles. The number of carboxylic acids is 2. The SMILES string of the molecule is CCCCCC1CCC(NC(=O)c2ccc(C(=O)NC3CCC(CCCCC)CC3)c3c(C(=O)O)ccc(C(=O)O)c23)CC1. The fourth-order valence-corrected chi connectivity index (χ4v) is 7.31. The fourth-order valence-electron chi connectivity index (χ4n) is 7.31. The number of hydrogen-bond donors (Lipinski definition) is 4. The van der Waals surface area contributed by atoms with Gasteiger partial charge >= 0.3 is 11.9 Å². The summed E-state index contributed by atoms with van der Waals surface area (Å²) in [5.74, 6) is -2.12. The molecule has 2 amide bonds. The van der Waals surface area contributed by atoms with Crippen LogP contribution in [0.1, 0.15) is 158 Å². The second-order valence-electron chi connectivity index (χ2n) is 13.1. The van der Waals surface area contributed by atoms with Gasteiger partial charge in [0.15, 0.2) is 0 Å². The number of benzene rings is 2. The summed E-state index contributed by atoms with van der Waals surface area (Å²) < 4.78 is 0. The zero-order valence-electron chi connectivity index (χ0n) is 26.5. The van der Waals surface area contributed by atoms with Gasteiger partial charge in [-0.05, 0) is 87.5 Å². The minimum Gasteiger partial charge on any atom is -0.478 e. The van der Waals surface area contributed by atoms with Crippen LogP contribution in [-0.2, 0) is 0 Å². The maximum atomic E-state index is 13.6. The Morgan fingerprint density at radius 3 is 1.23 bits per heavy atom. The van der Waals surface area contributed by atoms with Gasteiger partial charge in [-0.15, -0.1) is 0 Å². The molecule has 2 saturated carbocycles. The Balaban J connectivity index is 1.56. The molecule has 0 bridgehead atoms. The van der Waals surface area contributed by atoms with Crippen LogP contribution in [0, 0.1) is 11.8 Å². The summed E-state index contributed by atoms with van der Waals surface area (Å²) in [6.45, 7) is 4.40. The van der Waals surface area contributed by atoms with Gasteiger partial charge in [-0.25, -0.2) is 9.59 Å². The van der Waals surface area contributed by atoms with E-state index >= 15 is 0 Å². The zero-order valence-corrected chi connectivity index (χ0v) is 26.5. The number of carbonyl (C=O) groups excluding carboxylic acids is 2. The van der Waals surface area contributed by atoms with E-state index in [0.29, 0.717) is 11.8 Å². The van der Waals surface area contributed by atoms with Crippen molar-refractivity contribution in [1.29, 1.82) is 0 Å². The third-order valence-electron chi connectivity index (χ3n) is 9.91. The molecular weight excluding hydrogens is 556 g/mol. The minimum absolute atomic E-state index is 0.00423. The van der Waals surface area contributed by atoms with E-state index in [-0.39, 0.29) is 45.1 Å². The molecule has 0 atom stereocenters. The summed E-state index contributed by atoms with van der Waals surface area (Å²) in [6.07, 6.45) is 17.3. The molecule has 2 aliphatic rings. The molecule has 2 aromatic rings. The monoisotopic (exact) mass is 606 g/mol. The first-order valence-electron chi connectivity index (χ1n) is 16.9. The topological polar surface area (TPSA) is 133 Å². The van der Waals surface area contributed by atoms with Crippen molar-refractivity contribution in [2.75, 3.05) is 0 Å². The molecule has 0 aliphatic heterocycles. The molecule has 0 heterocycles. The van der Waals surface area contributed by atoms with E-state index in [4.69, 9.17) is 0 Å². The largest absolute Gasteiger partial charge is 0.478 e. The van der Waals surface area contributed by atoms with E-state index in [1.165, 1.54) is 75.6 Å². The van der Waals surface area contributed by atoms with Gasteiger partial charge in [-0.2, -0.15) is 0 Å². The number of rotatable bonds is 14. The zero-order chi connectivity index (χ0) is 31.6. The quantitative estimate of drug-likeness (QED) is 0.161. The van der Waals surface area contributed by atoms with Crippen LogP contribution in [-0.4, -0.2) is 46.0 Å². The van der Waals surface area contributed by atoms with Crippen molar-refractivity contribution in [1.82, 2.24) is 10.6 Å². The van der Waals surface area contributed by atoms with Crippen molar-refractivity contribution in [3.63, 3.8) is 0 Å². The molecule has 240 valence electrons. The van der Waals surface area contributed by atoms with Crippen LogP contribution < -0.4 is 10.6 Å². The maximum absolute atomic E-state index is 13.6.